The summed E-state index contributed by atoms with van der Waals surface area (Å²) in [5, 5.41) is 0. The second-order valence-corrected chi connectivity index (χ2v) is 4.33. The third-order valence-electron chi connectivity index (χ3n) is 3.18. The van der Waals surface area contributed by atoms with Gasteiger partial charge in [-0.1, -0.05) is 18.9 Å². The van der Waals surface area contributed by atoms with Gasteiger partial charge in [-0.15, -0.1) is 0 Å². The van der Waals surface area contributed by atoms with E-state index in [1.807, 2.05) is 6.20 Å². The topological polar surface area (TPSA) is 38.9 Å². The van der Waals surface area contributed by atoms with Crippen LogP contribution in [0.2, 0.25) is 0 Å². The molecule has 0 bridgehead atoms. The molecule has 1 aliphatic carbocycles. The molecule has 2 heteroatoms. The highest BCUT2D eigenvalue weighted by atomic mass is 14.8. The lowest BCUT2D eigenvalue weighted by atomic mass is 9.96. The molecule has 1 aliphatic rings. The lowest BCUT2D eigenvalue weighted by Gasteiger charge is -2.17. The molecular formula is C12H18N2. The zero-order chi connectivity index (χ0) is 9.97. The van der Waals surface area contributed by atoms with E-state index in [1.54, 1.807) is 0 Å². The average molecular weight is 190 g/mol. The molecule has 2 rings (SSSR count). The van der Waals surface area contributed by atoms with Crippen LogP contribution in [0.5, 0.6) is 0 Å². The van der Waals surface area contributed by atoms with Crippen LogP contribution >= 0.6 is 0 Å². The highest BCUT2D eigenvalue weighted by Gasteiger charge is 2.23. The van der Waals surface area contributed by atoms with Crippen molar-refractivity contribution in [2.24, 2.45) is 11.7 Å². The van der Waals surface area contributed by atoms with Gasteiger partial charge < -0.3 is 5.73 Å². The maximum absolute atomic E-state index is 6.19. The fraction of sp³-hybridized carbons (Fsp3) is 0.583. The lowest BCUT2D eigenvalue weighted by Crippen LogP contribution is -2.20. The van der Waals surface area contributed by atoms with Crippen LogP contribution in [0.4, 0.5) is 0 Å². The number of rotatable bonds is 2. The van der Waals surface area contributed by atoms with Crippen molar-refractivity contribution in [2.75, 3.05) is 0 Å². The van der Waals surface area contributed by atoms with Crippen molar-refractivity contribution >= 4 is 0 Å². The highest BCUT2D eigenvalue weighted by Crippen LogP contribution is 2.33. The van der Waals surface area contributed by atoms with Gasteiger partial charge in [0.1, 0.15) is 0 Å². The van der Waals surface area contributed by atoms with Crippen molar-refractivity contribution < 1.29 is 0 Å². The Balaban J connectivity index is 2.09. The number of aryl methyl sites for hydroxylation is 1. The van der Waals surface area contributed by atoms with Crippen LogP contribution in [0.25, 0.3) is 0 Å². The molecule has 2 nitrogen and oxygen atoms in total. The monoisotopic (exact) mass is 190 g/mol. The van der Waals surface area contributed by atoms with Crippen molar-refractivity contribution in [1.82, 2.24) is 4.98 Å². The minimum absolute atomic E-state index is 0.151. The summed E-state index contributed by atoms with van der Waals surface area (Å²) in [4.78, 5) is 4.40. The van der Waals surface area contributed by atoms with Gasteiger partial charge >= 0.3 is 0 Å². The van der Waals surface area contributed by atoms with Gasteiger partial charge in [-0.25, -0.2) is 0 Å². The molecule has 1 fully saturated rings. The molecule has 1 unspecified atom stereocenters. The first-order valence-corrected chi connectivity index (χ1v) is 5.45. The van der Waals surface area contributed by atoms with E-state index in [2.05, 4.69) is 24.0 Å². The zero-order valence-electron chi connectivity index (χ0n) is 8.74. The van der Waals surface area contributed by atoms with Gasteiger partial charge in [0.05, 0.1) is 5.69 Å². The molecule has 0 aromatic carbocycles. The number of aromatic nitrogens is 1. The van der Waals surface area contributed by atoms with Crippen LogP contribution in [0.15, 0.2) is 18.3 Å². The van der Waals surface area contributed by atoms with Gasteiger partial charge in [-0.2, -0.15) is 0 Å². The van der Waals surface area contributed by atoms with Crippen molar-refractivity contribution in [3.63, 3.8) is 0 Å². The minimum Gasteiger partial charge on any atom is -0.322 e. The van der Waals surface area contributed by atoms with Crippen molar-refractivity contribution in [3.8, 4) is 0 Å². The Kier molecular flexibility index (Phi) is 2.82. The van der Waals surface area contributed by atoms with Gasteiger partial charge in [0, 0.05) is 12.2 Å². The number of hydrogen-bond donors (Lipinski definition) is 1. The maximum Gasteiger partial charge on any atom is 0.0574 e. The minimum atomic E-state index is 0.151. The molecule has 1 atom stereocenters. The standard InChI is InChI=1S/C12H18N2/c1-9-6-7-11(14-8-9)12(13)10-4-2-3-5-10/h6-8,10,12H,2-5,13H2,1H3. The molecule has 2 N–H and O–H groups in total. The van der Waals surface area contributed by atoms with Crippen LogP contribution in [0.3, 0.4) is 0 Å². The third-order valence-corrected chi connectivity index (χ3v) is 3.18. The number of nitrogens with two attached hydrogens (primary N) is 1. The molecule has 76 valence electrons. The molecule has 0 aliphatic heterocycles. The normalized spacial score (nSPS) is 19.9. The number of pyridine rings is 1. The Bertz CT molecular complexity index is 286. The second-order valence-electron chi connectivity index (χ2n) is 4.33. The van der Waals surface area contributed by atoms with Gasteiger partial charge in [0.15, 0.2) is 0 Å². The maximum atomic E-state index is 6.19. The van der Waals surface area contributed by atoms with Crippen molar-refractivity contribution in [3.05, 3.63) is 29.6 Å². The van der Waals surface area contributed by atoms with Crippen LogP contribution in [-0.2, 0) is 0 Å². The Morgan fingerprint density at radius 1 is 1.36 bits per heavy atom. The molecule has 1 aromatic heterocycles. The predicted molar refractivity (Wildman–Crippen MR) is 57.9 cm³/mol. The van der Waals surface area contributed by atoms with Crippen LogP contribution < -0.4 is 5.73 Å². The fourth-order valence-electron chi connectivity index (χ4n) is 2.23. The smallest absolute Gasteiger partial charge is 0.0574 e. The summed E-state index contributed by atoms with van der Waals surface area (Å²) in [6.07, 6.45) is 7.13. The summed E-state index contributed by atoms with van der Waals surface area (Å²) >= 11 is 0. The zero-order valence-corrected chi connectivity index (χ0v) is 8.74. The fourth-order valence-corrected chi connectivity index (χ4v) is 2.23. The Morgan fingerprint density at radius 2 is 2.07 bits per heavy atom. The quantitative estimate of drug-likeness (QED) is 0.778. The Labute approximate surface area is 85.5 Å². The van der Waals surface area contributed by atoms with Gasteiger partial charge in [-0.3, -0.25) is 4.98 Å². The van der Waals surface area contributed by atoms with E-state index < -0.39 is 0 Å². The molecule has 0 saturated heterocycles. The first-order chi connectivity index (χ1) is 6.77. The number of hydrogen-bond acceptors (Lipinski definition) is 2. The average Bonchev–Trinajstić information content (AvgIpc) is 2.71. The largest absolute Gasteiger partial charge is 0.322 e. The summed E-state index contributed by atoms with van der Waals surface area (Å²) in [6.45, 7) is 2.05. The molecule has 0 amide bonds. The lowest BCUT2D eigenvalue weighted by molar-refractivity contribution is 0.437. The molecule has 1 saturated carbocycles. The van der Waals surface area contributed by atoms with E-state index in [-0.39, 0.29) is 6.04 Å². The van der Waals surface area contributed by atoms with Crippen molar-refractivity contribution in [2.45, 2.75) is 38.6 Å². The van der Waals surface area contributed by atoms with Gasteiger partial charge in [0.25, 0.3) is 0 Å². The molecule has 0 radical (unpaired) electrons. The molecule has 0 spiro atoms. The Morgan fingerprint density at radius 3 is 2.64 bits per heavy atom. The molecule has 1 heterocycles. The second kappa shape index (κ2) is 4.09. The van der Waals surface area contributed by atoms with E-state index in [4.69, 9.17) is 5.73 Å². The van der Waals surface area contributed by atoms with Crippen LogP contribution in [0.1, 0.15) is 43.0 Å². The molecule has 1 aromatic rings. The van der Waals surface area contributed by atoms with E-state index in [9.17, 15) is 0 Å². The van der Waals surface area contributed by atoms with Crippen LogP contribution in [0, 0.1) is 12.8 Å². The molecule has 14 heavy (non-hydrogen) atoms. The summed E-state index contributed by atoms with van der Waals surface area (Å²) in [7, 11) is 0. The van der Waals surface area contributed by atoms with E-state index >= 15 is 0 Å². The van der Waals surface area contributed by atoms with E-state index in [0.717, 1.165) is 5.69 Å². The first-order valence-electron chi connectivity index (χ1n) is 5.45. The van der Waals surface area contributed by atoms with Crippen LogP contribution in [-0.4, -0.2) is 4.98 Å². The van der Waals surface area contributed by atoms with E-state index in [0.29, 0.717) is 5.92 Å². The summed E-state index contributed by atoms with van der Waals surface area (Å²) in [6, 6.07) is 4.31. The summed E-state index contributed by atoms with van der Waals surface area (Å²) in [5.74, 6) is 0.658. The van der Waals surface area contributed by atoms with Gasteiger partial charge in [-0.05, 0) is 37.3 Å². The van der Waals surface area contributed by atoms with Gasteiger partial charge in [0.2, 0.25) is 0 Å². The third kappa shape index (κ3) is 1.95. The highest BCUT2D eigenvalue weighted by molar-refractivity contribution is 5.15. The number of nitrogens with zero attached hydrogens (tertiary/aromatic N) is 1. The summed E-state index contributed by atoms with van der Waals surface area (Å²) < 4.78 is 0. The van der Waals surface area contributed by atoms with Crippen molar-refractivity contribution in [1.29, 1.82) is 0 Å². The Hall–Kier alpha value is -0.890. The molecular weight excluding hydrogens is 172 g/mol. The summed E-state index contributed by atoms with van der Waals surface area (Å²) in [5.41, 5.74) is 8.45. The first kappa shape index (κ1) is 9.66. The van der Waals surface area contributed by atoms with E-state index in [1.165, 1.54) is 31.2 Å². The predicted octanol–water partition coefficient (Wildman–Crippen LogP) is 2.58. The SMILES string of the molecule is Cc1ccc(C(N)C2CCCC2)nc1.